The van der Waals surface area contributed by atoms with E-state index in [1.54, 1.807) is 11.0 Å². The molecule has 0 radical (unpaired) electrons. The molecule has 0 aliphatic carbocycles. The second-order valence-corrected chi connectivity index (χ2v) is 10.6. The normalized spacial score (nSPS) is 16.3. The highest BCUT2D eigenvalue weighted by atomic mass is 19.1. The maximum Gasteiger partial charge on any atom is 0.323 e. The zero-order chi connectivity index (χ0) is 26.5. The summed E-state index contributed by atoms with van der Waals surface area (Å²) in [6.45, 7) is 10.1. The number of halogens is 1. The molecule has 37 heavy (non-hydrogen) atoms. The van der Waals surface area contributed by atoms with Crippen molar-refractivity contribution in [3.8, 4) is 11.1 Å². The minimum Gasteiger partial charge on any atom is -0.480 e. The third-order valence-corrected chi connectivity index (χ3v) is 6.85. The number of carbonyl (C=O) groups is 1. The molecule has 2 aromatic carbocycles. The van der Waals surface area contributed by atoms with Gasteiger partial charge in [0.1, 0.15) is 18.2 Å². The van der Waals surface area contributed by atoms with Crippen molar-refractivity contribution in [1.29, 1.82) is 0 Å². The van der Waals surface area contributed by atoms with Gasteiger partial charge < -0.3 is 14.9 Å². The predicted molar refractivity (Wildman–Crippen MR) is 148 cm³/mol. The zero-order valence-electron chi connectivity index (χ0n) is 22.2. The Hall–Kier alpha value is -3.45. The van der Waals surface area contributed by atoms with Gasteiger partial charge in [-0.3, -0.25) is 9.69 Å². The summed E-state index contributed by atoms with van der Waals surface area (Å²) in [5.74, 6) is 0.424. The van der Waals surface area contributed by atoms with Crippen molar-refractivity contribution in [1.82, 2.24) is 9.88 Å². The first kappa shape index (κ1) is 26.6. The lowest BCUT2D eigenvalue weighted by atomic mass is 9.99. The van der Waals surface area contributed by atoms with Crippen LogP contribution < -0.4 is 9.80 Å². The summed E-state index contributed by atoms with van der Waals surface area (Å²) < 4.78 is 13.7. The average molecular weight is 505 g/mol. The summed E-state index contributed by atoms with van der Waals surface area (Å²) in [7, 11) is 1.82. The van der Waals surface area contributed by atoms with Gasteiger partial charge in [0.15, 0.2) is 0 Å². The van der Waals surface area contributed by atoms with Gasteiger partial charge in [0.05, 0.1) is 0 Å². The number of aryl methyl sites for hydroxylation is 1. The number of hydrogen-bond donors (Lipinski definition) is 1. The lowest BCUT2D eigenvalue weighted by Crippen LogP contribution is -2.53. The van der Waals surface area contributed by atoms with E-state index in [1.807, 2.05) is 37.5 Å². The molecule has 7 heteroatoms. The fourth-order valence-corrected chi connectivity index (χ4v) is 5.21. The van der Waals surface area contributed by atoms with Crippen LogP contribution in [-0.2, 0) is 11.3 Å². The second-order valence-electron chi connectivity index (χ2n) is 10.6. The van der Waals surface area contributed by atoms with Gasteiger partial charge in [-0.15, -0.1) is 0 Å². The van der Waals surface area contributed by atoms with Crippen LogP contribution in [0.4, 0.5) is 15.9 Å². The first-order chi connectivity index (χ1) is 17.7. The Balaban J connectivity index is 1.48. The highest BCUT2D eigenvalue weighted by Crippen LogP contribution is 2.27. The van der Waals surface area contributed by atoms with Gasteiger partial charge >= 0.3 is 5.97 Å². The van der Waals surface area contributed by atoms with Crippen molar-refractivity contribution in [2.75, 3.05) is 43.0 Å². The Morgan fingerprint density at radius 3 is 2.62 bits per heavy atom. The molecule has 2 heterocycles. The molecular formula is C30H37FN4O2. The molecule has 196 valence electrons. The molecule has 0 bridgehead atoms. The van der Waals surface area contributed by atoms with Gasteiger partial charge in [0.25, 0.3) is 0 Å². The van der Waals surface area contributed by atoms with E-state index in [0.29, 0.717) is 12.0 Å². The molecule has 0 spiro atoms. The average Bonchev–Trinajstić information content (AvgIpc) is 2.83. The maximum absolute atomic E-state index is 13.7. The molecule has 6 nitrogen and oxygen atoms in total. The van der Waals surface area contributed by atoms with Gasteiger partial charge in [0.2, 0.25) is 0 Å². The van der Waals surface area contributed by atoms with Crippen molar-refractivity contribution in [2.24, 2.45) is 5.92 Å². The van der Waals surface area contributed by atoms with Crippen molar-refractivity contribution >= 4 is 17.5 Å². The van der Waals surface area contributed by atoms with Gasteiger partial charge in [0, 0.05) is 56.7 Å². The Morgan fingerprint density at radius 1 is 1.14 bits per heavy atom. The van der Waals surface area contributed by atoms with Crippen LogP contribution in [0.5, 0.6) is 0 Å². The molecule has 1 fully saturated rings. The van der Waals surface area contributed by atoms with Crippen LogP contribution in [0.2, 0.25) is 0 Å². The van der Waals surface area contributed by atoms with E-state index in [1.165, 1.54) is 17.7 Å². The molecule has 1 N–H and O–H groups in total. The molecule has 1 aromatic heterocycles. The molecule has 0 unspecified atom stereocenters. The Bertz CT molecular complexity index is 1210. The van der Waals surface area contributed by atoms with Crippen LogP contribution in [0.1, 0.15) is 31.4 Å². The summed E-state index contributed by atoms with van der Waals surface area (Å²) in [5, 5.41) is 9.17. The Kier molecular flexibility index (Phi) is 8.44. The lowest BCUT2D eigenvalue weighted by Gasteiger charge is -2.43. The Labute approximate surface area is 219 Å². The number of nitrogens with zero attached hydrogens (tertiary/aromatic N) is 4. The standard InChI is InChI=1S/C30H37FN4O2/c1-21(2)12-28-19-34(18-23-13-22(3)14-27(15-23)33(4)20-30(36)37)10-11-35(28)29-9-8-25(17-32-29)24-6-5-7-26(31)16-24/h5-9,13-17,21,28H,10-12,18-20H2,1-4H3,(H,36,37)/t28-/m1/s1. The number of carboxylic acids is 1. The van der Waals surface area contributed by atoms with Gasteiger partial charge in [-0.2, -0.15) is 0 Å². The van der Waals surface area contributed by atoms with Gasteiger partial charge in [-0.25, -0.2) is 9.37 Å². The predicted octanol–water partition coefficient (Wildman–Crippen LogP) is 5.45. The summed E-state index contributed by atoms with van der Waals surface area (Å²) in [6.07, 6.45) is 2.90. The van der Waals surface area contributed by atoms with Crippen molar-refractivity contribution in [3.05, 3.63) is 77.7 Å². The molecule has 0 amide bonds. The van der Waals surface area contributed by atoms with E-state index >= 15 is 0 Å². The number of piperazine rings is 1. The van der Waals surface area contributed by atoms with E-state index in [4.69, 9.17) is 4.98 Å². The quantitative estimate of drug-likeness (QED) is 0.418. The summed E-state index contributed by atoms with van der Waals surface area (Å²) >= 11 is 0. The topological polar surface area (TPSA) is 59.9 Å². The molecular weight excluding hydrogens is 467 g/mol. The minimum absolute atomic E-state index is 0.0248. The third-order valence-electron chi connectivity index (χ3n) is 6.85. The van der Waals surface area contributed by atoms with Gasteiger partial charge in [-0.05, 0) is 72.4 Å². The first-order valence-electron chi connectivity index (χ1n) is 12.9. The van der Waals surface area contributed by atoms with Crippen molar-refractivity contribution in [2.45, 2.75) is 39.8 Å². The SMILES string of the molecule is Cc1cc(CN2CCN(c3ccc(-c4cccc(F)c4)cn3)[C@H](CC(C)C)C2)cc(N(C)CC(=O)O)c1. The van der Waals surface area contributed by atoms with Gasteiger partial charge in [-0.1, -0.05) is 32.0 Å². The van der Waals surface area contributed by atoms with E-state index < -0.39 is 5.97 Å². The monoisotopic (exact) mass is 504 g/mol. The number of carboxylic acid groups (broad SMARTS) is 1. The highest BCUT2D eigenvalue weighted by molar-refractivity contribution is 5.73. The number of rotatable bonds is 9. The van der Waals surface area contributed by atoms with E-state index in [0.717, 1.165) is 60.8 Å². The van der Waals surface area contributed by atoms with Crippen molar-refractivity contribution < 1.29 is 14.3 Å². The Morgan fingerprint density at radius 2 is 1.95 bits per heavy atom. The maximum atomic E-state index is 13.7. The fourth-order valence-electron chi connectivity index (χ4n) is 5.21. The van der Waals surface area contributed by atoms with Crippen LogP contribution >= 0.6 is 0 Å². The molecule has 1 aliphatic rings. The van der Waals surface area contributed by atoms with Crippen LogP contribution in [0, 0.1) is 18.7 Å². The molecule has 1 saturated heterocycles. The molecule has 1 aliphatic heterocycles. The summed E-state index contributed by atoms with van der Waals surface area (Å²) in [5.41, 5.74) is 4.99. The van der Waals surface area contributed by atoms with E-state index in [9.17, 15) is 14.3 Å². The number of benzene rings is 2. The minimum atomic E-state index is -0.837. The highest BCUT2D eigenvalue weighted by Gasteiger charge is 2.28. The lowest BCUT2D eigenvalue weighted by molar-refractivity contribution is -0.135. The van der Waals surface area contributed by atoms with Crippen LogP contribution in [-0.4, -0.2) is 60.2 Å². The largest absolute Gasteiger partial charge is 0.480 e. The number of anilines is 2. The third kappa shape index (κ3) is 7.07. The van der Waals surface area contributed by atoms with Crippen LogP contribution in [0.3, 0.4) is 0 Å². The molecule has 1 atom stereocenters. The second kappa shape index (κ2) is 11.7. The summed E-state index contributed by atoms with van der Waals surface area (Å²) in [6, 6.07) is 17.3. The van der Waals surface area contributed by atoms with E-state index in [2.05, 4.69) is 42.7 Å². The molecule has 0 saturated carbocycles. The number of likely N-dealkylation sites (N-methyl/N-ethyl adjacent to an activating group) is 1. The number of pyridine rings is 1. The van der Waals surface area contributed by atoms with Crippen LogP contribution in [0.25, 0.3) is 11.1 Å². The van der Waals surface area contributed by atoms with Crippen molar-refractivity contribution in [3.63, 3.8) is 0 Å². The number of aromatic nitrogens is 1. The molecule has 4 rings (SSSR count). The molecule has 3 aromatic rings. The summed E-state index contributed by atoms with van der Waals surface area (Å²) in [4.78, 5) is 22.6. The number of hydrogen-bond acceptors (Lipinski definition) is 5. The number of aliphatic carboxylic acids is 1. The van der Waals surface area contributed by atoms with E-state index in [-0.39, 0.29) is 12.4 Å². The smallest absolute Gasteiger partial charge is 0.323 e. The zero-order valence-corrected chi connectivity index (χ0v) is 22.2. The van der Waals surface area contributed by atoms with Crippen LogP contribution in [0.15, 0.2) is 60.8 Å². The fraction of sp³-hybridized carbons (Fsp3) is 0.400. The first-order valence-corrected chi connectivity index (χ1v) is 12.9.